The molecule has 0 amide bonds. The Bertz CT molecular complexity index is 1190. The van der Waals surface area contributed by atoms with Crippen molar-refractivity contribution in [2.45, 2.75) is 17.9 Å². The summed E-state index contributed by atoms with van der Waals surface area (Å²) in [5, 5.41) is 0. The largest absolute Gasteiger partial charge is 0.496 e. The lowest BCUT2D eigenvalue weighted by atomic mass is 10.0. The minimum Gasteiger partial charge on any atom is -0.496 e. The van der Waals surface area contributed by atoms with Crippen LogP contribution >= 0.6 is 15.9 Å². The maximum atomic E-state index is 13.5. The van der Waals surface area contributed by atoms with E-state index in [0.717, 1.165) is 21.2 Å². The number of rotatable bonds is 5. The molecule has 1 aliphatic rings. The summed E-state index contributed by atoms with van der Waals surface area (Å²) in [6.07, 6.45) is 1.91. The number of benzene rings is 3. The second-order valence-corrected chi connectivity index (χ2v) is 9.73. The van der Waals surface area contributed by atoms with Gasteiger partial charge in [-0.05, 0) is 48.9 Å². The fourth-order valence-corrected chi connectivity index (χ4v) is 5.07. The second-order valence-electron chi connectivity index (χ2n) is 7.00. The van der Waals surface area contributed by atoms with E-state index in [1.165, 1.54) is 4.41 Å². The van der Waals surface area contributed by atoms with Crippen molar-refractivity contribution in [3.8, 4) is 5.75 Å². The van der Waals surface area contributed by atoms with E-state index in [-0.39, 0.29) is 4.90 Å². The van der Waals surface area contributed by atoms with Crippen molar-refractivity contribution < 1.29 is 13.2 Å². The Balaban J connectivity index is 1.82. The summed E-state index contributed by atoms with van der Waals surface area (Å²) in [6.45, 7) is 1.93. The molecule has 0 fully saturated rings. The van der Waals surface area contributed by atoms with Crippen molar-refractivity contribution in [1.82, 2.24) is 9.84 Å². The van der Waals surface area contributed by atoms with Crippen molar-refractivity contribution in [2.75, 3.05) is 7.11 Å². The van der Waals surface area contributed by atoms with Gasteiger partial charge in [-0.25, -0.2) is 8.42 Å². The Labute approximate surface area is 185 Å². The highest BCUT2D eigenvalue weighted by Gasteiger charge is 2.38. The minimum absolute atomic E-state index is 0.228. The van der Waals surface area contributed by atoms with Crippen LogP contribution in [0.4, 0.5) is 0 Å². The summed E-state index contributed by atoms with van der Waals surface area (Å²) >= 11 is 3.44. The standard InChI is InChI=1S/C23H21BrN2O3S/c1-16-7-13-19(14-8-16)30(27,28)26-22(20-5-3-4-6-23(20)29-2)15-21(25-26)17-9-11-18(24)12-10-17/h3-15,22,25H,1-2H3/t22-/m0/s1. The van der Waals surface area contributed by atoms with E-state index >= 15 is 0 Å². The molecule has 1 atom stereocenters. The number of para-hydroxylation sites is 1. The summed E-state index contributed by atoms with van der Waals surface area (Å²) in [6, 6.07) is 21.4. The third-order valence-corrected chi connectivity index (χ3v) is 7.23. The third-order valence-electron chi connectivity index (χ3n) is 5.00. The monoisotopic (exact) mass is 484 g/mol. The van der Waals surface area contributed by atoms with Crippen LogP contribution in [0.5, 0.6) is 5.75 Å². The van der Waals surface area contributed by atoms with E-state index in [4.69, 9.17) is 4.74 Å². The quantitative estimate of drug-likeness (QED) is 0.549. The van der Waals surface area contributed by atoms with Crippen molar-refractivity contribution in [2.24, 2.45) is 0 Å². The van der Waals surface area contributed by atoms with Gasteiger partial charge in [0.05, 0.1) is 23.7 Å². The number of ether oxygens (including phenoxy) is 1. The Morgan fingerprint density at radius 2 is 1.63 bits per heavy atom. The lowest BCUT2D eigenvalue weighted by Crippen LogP contribution is -2.39. The van der Waals surface area contributed by atoms with Crippen LogP contribution in [0.3, 0.4) is 0 Å². The predicted octanol–water partition coefficient (Wildman–Crippen LogP) is 5.06. The summed E-state index contributed by atoms with van der Waals surface area (Å²) in [5.74, 6) is 0.627. The zero-order valence-electron chi connectivity index (χ0n) is 16.5. The van der Waals surface area contributed by atoms with Crippen molar-refractivity contribution >= 4 is 31.7 Å². The summed E-state index contributed by atoms with van der Waals surface area (Å²) in [4.78, 5) is 0.228. The Hall–Kier alpha value is -2.61. The molecule has 3 aromatic rings. The number of nitrogens with one attached hydrogen (secondary N) is 1. The first-order chi connectivity index (χ1) is 14.4. The fourth-order valence-electron chi connectivity index (χ4n) is 3.40. The molecule has 5 nitrogen and oxygen atoms in total. The first-order valence-corrected chi connectivity index (χ1v) is 11.6. The van der Waals surface area contributed by atoms with Gasteiger partial charge in [0.25, 0.3) is 10.0 Å². The van der Waals surface area contributed by atoms with Crippen LogP contribution in [0, 0.1) is 6.92 Å². The van der Waals surface area contributed by atoms with Crippen LogP contribution in [0.25, 0.3) is 5.70 Å². The highest BCUT2D eigenvalue weighted by Crippen LogP contribution is 2.39. The van der Waals surface area contributed by atoms with Crippen LogP contribution in [0.2, 0.25) is 0 Å². The molecule has 0 aliphatic carbocycles. The predicted molar refractivity (Wildman–Crippen MR) is 121 cm³/mol. The zero-order chi connectivity index (χ0) is 21.3. The van der Waals surface area contributed by atoms with E-state index in [0.29, 0.717) is 11.4 Å². The highest BCUT2D eigenvalue weighted by atomic mass is 79.9. The number of methoxy groups -OCH3 is 1. The van der Waals surface area contributed by atoms with Gasteiger partial charge in [-0.3, -0.25) is 0 Å². The maximum Gasteiger partial charge on any atom is 0.260 e. The molecular formula is C23H21BrN2O3S. The first-order valence-electron chi connectivity index (χ1n) is 9.38. The fraction of sp³-hybridized carbons (Fsp3) is 0.130. The van der Waals surface area contributed by atoms with E-state index in [1.54, 1.807) is 31.4 Å². The molecule has 1 aliphatic heterocycles. The van der Waals surface area contributed by atoms with Gasteiger partial charge in [0.2, 0.25) is 0 Å². The number of hydrogen-bond acceptors (Lipinski definition) is 4. The number of aryl methyl sites for hydroxylation is 1. The number of hydrazine groups is 1. The van der Waals surface area contributed by atoms with Crippen molar-refractivity contribution in [3.05, 3.63) is 100 Å². The average molecular weight is 485 g/mol. The highest BCUT2D eigenvalue weighted by molar-refractivity contribution is 9.10. The maximum absolute atomic E-state index is 13.5. The Morgan fingerprint density at radius 3 is 2.30 bits per heavy atom. The van der Waals surface area contributed by atoms with E-state index in [1.807, 2.05) is 61.5 Å². The van der Waals surface area contributed by atoms with Gasteiger partial charge in [-0.2, -0.15) is 0 Å². The van der Waals surface area contributed by atoms with Crippen molar-refractivity contribution in [1.29, 1.82) is 0 Å². The second kappa shape index (κ2) is 8.26. The van der Waals surface area contributed by atoms with Crippen LogP contribution in [-0.2, 0) is 10.0 Å². The Morgan fingerprint density at radius 1 is 0.967 bits per heavy atom. The van der Waals surface area contributed by atoms with E-state index < -0.39 is 16.1 Å². The minimum atomic E-state index is -3.82. The van der Waals surface area contributed by atoms with E-state index in [2.05, 4.69) is 21.4 Å². The molecule has 3 aromatic carbocycles. The van der Waals surface area contributed by atoms with Gasteiger partial charge in [0, 0.05) is 10.0 Å². The molecule has 0 bridgehead atoms. The van der Waals surface area contributed by atoms with Crippen LogP contribution in [0.1, 0.15) is 22.7 Å². The lowest BCUT2D eigenvalue weighted by Gasteiger charge is -2.26. The molecule has 0 spiro atoms. The molecule has 0 saturated carbocycles. The molecule has 7 heteroatoms. The van der Waals surface area contributed by atoms with Gasteiger partial charge >= 0.3 is 0 Å². The molecule has 0 aromatic heterocycles. The Kier molecular flexibility index (Phi) is 5.69. The molecule has 0 radical (unpaired) electrons. The van der Waals surface area contributed by atoms with Crippen molar-refractivity contribution in [3.63, 3.8) is 0 Å². The van der Waals surface area contributed by atoms with Crippen LogP contribution in [0.15, 0.2) is 88.2 Å². The lowest BCUT2D eigenvalue weighted by molar-refractivity contribution is 0.335. The molecule has 4 rings (SSSR count). The third kappa shape index (κ3) is 3.88. The molecule has 1 N–H and O–H groups in total. The number of sulfonamides is 1. The summed E-state index contributed by atoms with van der Waals surface area (Å²) in [7, 11) is -2.24. The van der Waals surface area contributed by atoms with Gasteiger partial charge in [0.15, 0.2) is 0 Å². The molecule has 154 valence electrons. The first kappa shape index (κ1) is 20.7. The summed E-state index contributed by atoms with van der Waals surface area (Å²) < 4.78 is 34.8. The molecule has 1 heterocycles. The zero-order valence-corrected chi connectivity index (χ0v) is 18.9. The van der Waals surface area contributed by atoms with Gasteiger partial charge in [0.1, 0.15) is 5.75 Å². The number of nitrogens with zero attached hydrogens (tertiary/aromatic N) is 1. The SMILES string of the molecule is COc1ccccc1[C@@H]1C=C(c2ccc(Br)cc2)NN1S(=O)(=O)c1ccc(C)cc1. The molecule has 0 saturated heterocycles. The average Bonchev–Trinajstić information content (AvgIpc) is 3.21. The molecule has 0 unspecified atom stereocenters. The molecule has 30 heavy (non-hydrogen) atoms. The summed E-state index contributed by atoms with van der Waals surface area (Å²) in [5.41, 5.74) is 6.48. The number of hydrogen-bond donors (Lipinski definition) is 1. The van der Waals surface area contributed by atoms with Crippen LogP contribution in [-0.4, -0.2) is 19.9 Å². The van der Waals surface area contributed by atoms with Gasteiger partial charge < -0.3 is 10.2 Å². The van der Waals surface area contributed by atoms with Gasteiger partial charge in [-0.1, -0.05) is 64.0 Å². The normalized spacial score (nSPS) is 16.8. The smallest absolute Gasteiger partial charge is 0.260 e. The number of halogens is 1. The topological polar surface area (TPSA) is 58.6 Å². The van der Waals surface area contributed by atoms with Gasteiger partial charge in [-0.15, -0.1) is 4.41 Å². The van der Waals surface area contributed by atoms with E-state index in [9.17, 15) is 8.42 Å². The molecular weight excluding hydrogens is 464 g/mol. The van der Waals surface area contributed by atoms with Crippen LogP contribution < -0.4 is 10.2 Å².